The first-order valence-corrected chi connectivity index (χ1v) is 5.24. The molecule has 0 atom stereocenters. The molecule has 0 saturated heterocycles. The average molecular weight is 203 g/mol. The molecule has 1 aromatic carbocycles. The van der Waals surface area contributed by atoms with Gasteiger partial charge in [0.1, 0.15) is 11.8 Å². The van der Waals surface area contributed by atoms with Gasteiger partial charge in [-0.1, -0.05) is 39.8 Å². The summed E-state index contributed by atoms with van der Waals surface area (Å²) in [7, 11) is 0. The van der Waals surface area contributed by atoms with Gasteiger partial charge in [0, 0.05) is 0 Å². The summed E-state index contributed by atoms with van der Waals surface area (Å²) in [6.07, 6.45) is 0. The van der Waals surface area contributed by atoms with Crippen LogP contribution in [0.25, 0.3) is 0 Å². The Kier molecular flexibility index (Phi) is 3.36. The number of benzene rings is 1. The summed E-state index contributed by atoms with van der Waals surface area (Å²) in [4.78, 5) is 0. The van der Waals surface area contributed by atoms with E-state index < -0.39 is 0 Å². The van der Waals surface area contributed by atoms with Crippen molar-refractivity contribution in [3.05, 3.63) is 28.8 Å². The molecule has 1 rings (SSSR count). The van der Waals surface area contributed by atoms with E-state index in [-0.39, 0.29) is 17.6 Å². The SMILES string of the molecule is CC(C)c1ccc(C(C)C)c(C#N)c1O. The van der Waals surface area contributed by atoms with Crippen molar-refractivity contribution in [2.75, 3.05) is 0 Å². The molecule has 0 spiro atoms. The van der Waals surface area contributed by atoms with E-state index in [1.165, 1.54) is 0 Å². The van der Waals surface area contributed by atoms with E-state index in [0.29, 0.717) is 5.56 Å². The molecule has 0 bridgehead atoms. The average Bonchev–Trinajstić information content (AvgIpc) is 2.16. The quantitative estimate of drug-likeness (QED) is 0.799. The van der Waals surface area contributed by atoms with Gasteiger partial charge in [-0.2, -0.15) is 5.26 Å². The Bertz CT molecular complexity index is 400. The predicted molar refractivity (Wildman–Crippen MR) is 61.0 cm³/mol. The maximum Gasteiger partial charge on any atom is 0.137 e. The second kappa shape index (κ2) is 4.35. The van der Waals surface area contributed by atoms with E-state index in [2.05, 4.69) is 6.07 Å². The molecule has 0 radical (unpaired) electrons. The molecule has 2 nitrogen and oxygen atoms in total. The number of phenols is 1. The second-order valence-corrected chi connectivity index (χ2v) is 4.39. The molecule has 0 aliphatic heterocycles. The van der Waals surface area contributed by atoms with Gasteiger partial charge in [-0.3, -0.25) is 0 Å². The Morgan fingerprint density at radius 1 is 1.07 bits per heavy atom. The number of rotatable bonds is 2. The van der Waals surface area contributed by atoms with Gasteiger partial charge in [0.05, 0.1) is 5.56 Å². The highest BCUT2D eigenvalue weighted by atomic mass is 16.3. The van der Waals surface area contributed by atoms with Crippen LogP contribution < -0.4 is 0 Å². The van der Waals surface area contributed by atoms with Crippen molar-refractivity contribution in [2.45, 2.75) is 39.5 Å². The van der Waals surface area contributed by atoms with Crippen molar-refractivity contribution in [3.8, 4) is 11.8 Å². The monoisotopic (exact) mass is 203 g/mol. The van der Waals surface area contributed by atoms with Crippen molar-refractivity contribution in [1.29, 1.82) is 5.26 Å². The molecule has 0 heterocycles. The van der Waals surface area contributed by atoms with Crippen LogP contribution in [0.3, 0.4) is 0 Å². The highest BCUT2D eigenvalue weighted by Crippen LogP contribution is 2.33. The first-order chi connectivity index (χ1) is 6.99. The predicted octanol–water partition coefficient (Wildman–Crippen LogP) is 3.51. The topological polar surface area (TPSA) is 44.0 Å². The molecule has 0 unspecified atom stereocenters. The van der Waals surface area contributed by atoms with E-state index in [9.17, 15) is 5.11 Å². The van der Waals surface area contributed by atoms with Crippen LogP contribution in [0.4, 0.5) is 0 Å². The molecule has 0 aromatic heterocycles. The lowest BCUT2D eigenvalue weighted by Crippen LogP contribution is -1.97. The summed E-state index contributed by atoms with van der Waals surface area (Å²) in [6, 6.07) is 5.95. The van der Waals surface area contributed by atoms with Crippen LogP contribution in [0.2, 0.25) is 0 Å². The van der Waals surface area contributed by atoms with Gasteiger partial charge in [-0.05, 0) is 23.0 Å². The molecule has 0 amide bonds. The molecule has 15 heavy (non-hydrogen) atoms. The Labute approximate surface area is 91.2 Å². The molecule has 1 aromatic rings. The minimum absolute atomic E-state index is 0.152. The van der Waals surface area contributed by atoms with Crippen LogP contribution in [0.5, 0.6) is 5.75 Å². The van der Waals surface area contributed by atoms with Crippen molar-refractivity contribution < 1.29 is 5.11 Å². The van der Waals surface area contributed by atoms with Gasteiger partial charge in [0.25, 0.3) is 0 Å². The summed E-state index contributed by atoms with van der Waals surface area (Å²) >= 11 is 0. The van der Waals surface area contributed by atoms with E-state index >= 15 is 0 Å². The van der Waals surface area contributed by atoms with E-state index in [4.69, 9.17) is 5.26 Å². The molecule has 1 N–H and O–H groups in total. The highest BCUT2D eigenvalue weighted by Gasteiger charge is 2.15. The summed E-state index contributed by atoms with van der Waals surface area (Å²) in [5.74, 6) is 0.642. The zero-order valence-corrected chi connectivity index (χ0v) is 9.70. The Hall–Kier alpha value is -1.49. The molecule has 2 heteroatoms. The number of hydrogen-bond acceptors (Lipinski definition) is 2. The van der Waals surface area contributed by atoms with E-state index in [1.807, 2.05) is 39.8 Å². The van der Waals surface area contributed by atoms with Gasteiger partial charge in [-0.15, -0.1) is 0 Å². The van der Waals surface area contributed by atoms with E-state index in [1.54, 1.807) is 0 Å². The number of aromatic hydroxyl groups is 1. The fourth-order valence-corrected chi connectivity index (χ4v) is 1.69. The molecule has 0 aliphatic carbocycles. The third kappa shape index (κ3) is 2.12. The summed E-state index contributed by atoms with van der Waals surface area (Å²) < 4.78 is 0. The molecule has 0 fully saturated rings. The van der Waals surface area contributed by atoms with Crippen LogP contribution in [0.1, 0.15) is 56.2 Å². The summed E-state index contributed by atoms with van der Waals surface area (Å²) in [5.41, 5.74) is 2.19. The van der Waals surface area contributed by atoms with Crippen molar-refractivity contribution >= 4 is 0 Å². The normalized spacial score (nSPS) is 10.7. The van der Waals surface area contributed by atoms with Crippen molar-refractivity contribution in [2.24, 2.45) is 0 Å². The minimum atomic E-state index is 0.152. The zero-order valence-electron chi connectivity index (χ0n) is 9.70. The minimum Gasteiger partial charge on any atom is -0.506 e. The van der Waals surface area contributed by atoms with E-state index in [0.717, 1.165) is 11.1 Å². The van der Waals surface area contributed by atoms with Gasteiger partial charge in [-0.25, -0.2) is 0 Å². The van der Waals surface area contributed by atoms with Gasteiger partial charge < -0.3 is 5.11 Å². The van der Waals surface area contributed by atoms with Gasteiger partial charge in [0.2, 0.25) is 0 Å². The fourth-order valence-electron chi connectivity index (χ4n) is 1.69. The number of nitrogens with zero attached hydrogens (tertiary/aromatic N) is 1. The third-order valence-corrected chi connectivity index (χ3v) is 2.60. The largest absolute Gasteiger partial charge is 0.506 e. The lowest BCUT2D eigenvalue weighted by Gasteiger charge is -2.14. The maximum atomic E-state index is 9.97. The zero-order chi connectivity index (χ0) is 11.6. The standard InChI is InChI=1S/C13H17NO/c1-8(2)10-5-6-11(9(3)4)13(15)12(10)7-14/h5-6,8-9,15H,1-4H3. The maximum absolute atomic E-state index is 9.97. The van der Waals surface area contributed by atoms with Crippen LogP contribution in [0, 0.1) is 11.3 Å². The van der Waals surface area contributed by atoms with Gasteiger partial charge in [0.15, 0.2) is 0 Å². The van der Waals surface area contributed by atoms with Crippen LogP contribution in [-0.2, 0) is 0 Å². The first-order valence-electron chi connectivity index (χ1n) is 5.24. The molecule has 0 aliphatic rings. The van der Waals surface area contributed by atoms with Crippen LogP contribution >= 0.6 is 0 Å². The lowest BCUT2D eigenvalue weighted by molar-refractivity contribution is 0.461. The summed E-state index contributed by atoms with van der Waals surface area (Å²) in [5, 5.41) is 19.0. The molecule has 80 valence electrons. The van der Waals surface area contributed by atoms with Crippen molar-refractivity contribution in [1.82, 2.24) is 0 Å². The Morgan fingerprint density at radius 3 is 1.93 bits per heavy atom. The van der Waals surface area contributed by atoms with Crippen LogP contribution in [0.15, 0.2) is 12.1 Å². The Morgan fingerprint density at radius 2 is 1.53 bits per heavy atom. The molecular weight excluding hydrogens is 186 g/mol. The second-order valence-electron chi connectivity index (χ2n) is 4.39. The van der Waals surface area contributed by atoms with Gasteiger partial charge >= 0.3 is 0 Å². The molecule has 0 saturated carbocycles. The highest BCUT2D eigenvalue weighted by molar-refractivity contribution is 5.54. The number of nitriles is 1. The smallest absolute Gasteiger partial charge is 0.137 e. The summed E-state index contributed by atoms with van der Waals surface area (Å²) in [6.45, 7) is 8.05. The van der Waals surface area contributed by atoms with Crippen LogP contribution in [-0.4, -0.2) is 5.11 Å². The number of phenolic OH excluding ortho intramolecular Hbond substituents is 1. The third-order valence-electron chi connectivity index (χ3n) is 2.60. The Balaban J connectivity index is 3.41. The lowest BCUT2D eigenvalue weighted by atomic mass is 9.91. The first kappa shape index (κ1) is 11.6. The van der Waals surface area contributed by atoms with Crippen molar-refractivity contribution in [3.63, 3.8) is 0 Å². The molecular formula is C13H17NO. The fraction of sp³-hybridized carbons (Fsp3) is 0.462. The number of hydrogen-bond donors (Lipinski definition) is 1.